The Morgan fingerprint density at radius 3 is 2.21 bits per heavy atom. The van der Waals surface area contributed by atoms with Crippen LogP contribution in [0.3, 0.4) is 0 Å². The molecule has 5 aromatic rings. The molecule has 0 aliphatic rings. The molecule has 0 saturated heterocycles. The van der Waals surface area contributed by atoms with Crippen molar-refractivity contribution < 1.29 is 0 Å². The monoisotopic (exact) mass is 417 g/mol. The van der Waals surface area contributed by atoms with Gasteiger partial charge in [0.15, 0.2) is 0 Å². The van der Waals surface area contributed by atoms with Crippen LogP contribution in [0.4, 0.5) is 0 Å². The van der Waals surface area contributed by atoms with Crippen LogP contribution in [-0.2, 0) is 0 Å². The predicted octanol–water partition coefficient (Wildman–Crippen LogP) is 7.51. The molecule has 3 nitrogen and oxygen atoms in total. The van der Waals surface area contributed by atoms with E-state index in [1.807, 2.05) is 60.7 Å². The zero-order valence-electron chi connectivity index (χ0n) is 15.6. The summed E-state index contributed by atoms with van der Waals surface area (Å²) in [6.07, 6.45) is 0. The maximum Gasteiger partial charge on any atom is 0.140 e. The summed E-state index contributed by atoms with van der Waals surface area (Å²) in [7, 11) is 0. The van der Waals surface area contributed by atoms with Gasteiger partial charge >= 0.3 is 0 Å². The number of nitrogens with zero attached hydrogens (tertiary/aromatic N) is 1. The van der Waals surface area contributed by atoms with E-state index in [4.69, 9.17) is 28.2 Å². The van der Waals surface area contributed by atoms with Gasteiger partial charge in [0.2, 0.25) is 0 Å². The molecular formula is C24H17Cl2N3. The lowest BCUT2D eigenvalue weighted by atomic mass is 10.1. The molecule has 2 heterocycles. The third-order valence-electron chi connectivity index (χ3n) is 5.05. The number of halogens is 2. The zero-order valence-corrected chi connectivity index (χ0v) is 17.1. The van der Waals surface area contributed by atoms with Crippen molar-refractivity contribution in [2.24, 2.45) is 0 Å². The van der Waals surface area contributed by atoms with Crippen molar-refractivity contribution in [1.29, 1.82) is 0 Å². The second-order valence-corrected chi connectivity index (χ2v) is 7.87. The summed E-state index contributed by atoms with van der Waals surface area (Å²) in [6.45, 7) is 2.07. The molecule has 2 aromatic heterocycles. The zero-order chi connectivity index (χ0) is 20.0. The number of hydrogen-bond donors (Lipinski definition) is 2. The maximum atomic E-state index is 6.27. The van der Waals surface area contributed by atoms with Crippen molar-refractivity contribution in [3.63, 3.8) is 0 Å². The molecule has 0 amide bonds. The highest BCUT2D eigenvalue weighted by atomic mass is 35.5. The molecule has 2 N–H and O–H groups in total. The van der Waals surface area contributed by atoms with Gasteiger partial charge in [0, 0.05) is 43.3 Å². The fourth-order valence-corrected chi connectivity index (χ4v) is 4.15. The van der Waals surface area contributed by atoms with Gasteiger partial charge in [-0.2, -0.15) is 0 Å². The Morgan fingerprint density at radius 1 is 0.759 bits per heavy atom. The molecular weight excluding hydrogens is 401 g/mol. The van der Waals surface area contributed by atoms with Gasteiger partial charge in [-0.05, 0) is 37.3 Å². The minimum atomic E-state index is 0.673. The topological polar surface area (TPSA) is 44.5 Å². The average molecular weight is 418 g/mol. The number of benzene rings is 3. The van der Waals surface area contributed by atoms with Gasteiger partial charge in [0.25, 0.3) is 0 Å². The summed E-state index contributed by atoms with van der Waals surface area (Å²) >= 11 is 12.5. The highest BCUT2D eigenvalue weighted by Gasteiger charge is 2.19. The number of fused-ring (bicyclic) bond motifs is 1. The largest absolute Gasteiger partial charge is 0.358 e. The van der Waals surface area contributed by atoms with Gasteiger partial charge in [-0.25, -0.2) is 4.98 Å². The number of nitrogens with one attached hydrogen (secondary N) is 2. The Labute approximate surface area is 178 Å². The molecule has 0 bridgehead atoms. The molecule has 5 heteroatoms. The summed E-state index contributed by atoms with van der Waals surface area (Å²) < 4.78 is 0. The number of aromatic nitrogens is 3. The van der Waals surface area contributed by atoms with Crippen LogP contribution < -0.4 is 0 Å². The first-order chi connectivity index (χ1) is 14.1. The summed E-state index contributed by atoms with van der Waals surface area (Å²) in [5.41, 5.74) is 6.90. The molecule has 0 aliphatic heterocycles. The third kappa shape index (κ3) is 3.23. The van der Waals surface area contributed by atoms with Gasteiger partial charge in [-0.15, -0.1) is 0 Å². The van der Waals surface area contributed by atoms with Crippen LogP contribution in [-0.4, -0.2) is 15.0 Å². The molecule has 142 valence electrons. The molecule has 0 saturated carbocycles. The van der Waals surface area contributed by atoms with Crippen molar-refractivity contribution in [1.82, 2.24) is 15.0 Å². The van der Waals surface area contributed by atoms with Crippen molar-refractivity contribution in [2.75, 3.05) is 0 Å². The molecule has 0 aliphatic carbocycles. The SMILES string of the molecule is Cc1[nH]c2ccccc2c1-c1nc(-c2cccc(Cl)c2)c(-c2cccc(Cl)c2)[nH]1. The van der Waals surface area contributed by atoms with E-state index in [1.54, 1.807) is 0 Å². The first-order valence-corrected chi connectivity index (χ1v) is 10.1. The lowest BCUT2D eigenvalue weighted by Crippen LogP contribution is -1.84. The van der Waals surface area contributed by atoms with Crippen molar-refractivity contribution in [3.8, 4) is 33.9 Å². The second kappa shape index (κ2) is 7.11. The van der Waals surface area contributed by atoms with E-state index in [-0.39, 0.29) is 0 Å². The number of aryl methyl sites for hydroxylation is 1. The van der Waals surface area contributed by atoms with Crippen LogP contribution in [0.2, 0.25) is 10.0 Å². The lowest BCUT2D eigenvalue weighted by Gasteiger charge is -2.04. The number of H-pyrrole nitrogens is 2. The van der Waals surface area contributed by atoms with Crippen LogP contribution in [0.5, 0.6) is 0 Å². The summed E-state index contributed by atoms with van der Waals surface area (Å²) in [5, 5.41) is 2.49. The van der Waals surface area contributed by atoms with Crippen LogP contribution in [0.1, 0.15) is 5.69 Å². The van der Waals surface area contributed by atoms with Gasteiger partial charge in [0.05, 0.1) is 11.4 Å². The number of aromatic amines is 2. The third-order valence-corrected chi connectivity index (χ3v) is 5.52. The lowest BCUT2D eigenvalue weighted by molar-refractivity contribution is 1.25. The van der Waals surface area contributed by atoms with Crippen molar-refractivity contribution >= 4 is 34.1 Å². The Morgan fingerprint density at radius 2 is 1.45 bits per heavy atom. The average Bonchev–Trinajstić information content (AvgIpc) is 3.28. The van der Waals surface area contributed by atoms with Crippen LogP contribution in [0.25, 0.3) is 44.8 Å². The standard InChI is InChI=1S/C24H17Cl2N3/c1-14-21(19-10-2-3-11-20(19)27-14)24-28-22(15-6-4-8-17(25)12-15)23(29-24)16-7-5-9-18(26)13-16/h2-13,27H,1H3,(H,28,29). The van der Waals surface area contributed by atoms with E-state index in [9.17, 15) is 0 Å². The van der Waals surface area contributed by atoms with E-state index >= 15 is 0 Å². The molecule has 0 spiro atoms. The summed E-state index contributed by atoms with van der Waals surface area (Å²) in [4.78, 5) is 12.0. The second-order valence-electron chi connectivity index (χ2n) is 7.00. The van der Waals surface area contributed by atoms with E-state index in [1.165, 1.54) is 0 Å². The van der Waals surface area contributed by atoms with Crippen molar-refractivity contribution in [3.05, 3.63) is 88.5 Å². The Hall–Kier alpha value is -3.01. The van der Waals surface area contributed by atoms with Crippen molar-refractivity contribution in [2.45, 2.75) is 6.92 Å². The van der Waals surface area contributed by atoms with Gasteiger partial charge in [0.1, 0.15) is 5.82 Å². The molecule has 0 atom stereocenters. The normalized spacial score (nSPS) is 11.3. The predicted molar refractivity (Wildman–Crippen MR) is 122 cm³/mol. The highest BCUT2D eigenvalue weighted by molar-refractivity contribution is 6.31. The highest BCUT2D eigenvalue weighted by Crippen LogP contribution is 2.37. The molecule has 5 rings (SSSR count). The number of rotatable bonds is 3. The number of hydrogen-bond acceptors (Lipinski definition) is 1. The Bertz CT molecular complexity index is 1280. The quantitative estimate of drug-likeness (QED) is 0.313. The smallest absolute Gasteiger partial charge is 0.140 e. The maximum absolute atomic E-state index is 6.27. The number of para-hydroxylation sites is 1. The molecule has 29 heavy (non-hydrogen) atoms. The first-order valence-electron chi connectivity index (χ1n) is 9.30. The van der Waals surface area contributed by atoms with Crippen LogP contribution in [0.15, 0.2) is 72.8 Å². The Kier molecular flexibility index (Phi) is 4.42. The molecule has 3 aromatic carbocycles. The minimum Gasteiger partial charge on any atom is -0.358 e. The van der Waals surface area contributed by atoms with Gasteiger partial charge in [-0.1, -0.05) is 65.7 Å². The van der Waals surface area contributed by atoms with E-state index < -0.39 is 0 Å². The minimum absolute atomic E-state index is 0.673. The molecule has 0 unspecified atom stereocenters. The number of imidazole rings is 1. The van der Waals surface area contributed by atoms with Crippen LogP contribution in [0, 0.1) is 6.92 Å². The fourth-order valence-electron chi connectivity index (χ4n) is 3.77. The van der Waals surface area contributed by atoms with E-state index in [2.05, 4.69) is 29.0 Å². The first kappa shape index (κ1) is 18.0. The van der Waals surface area contributed by atoms with E-state index in [0.717, 1.165) is 50.5 Å². The summed E-state index contributed by atoms with van der Waals surface area (Å²) in [5.74, 6) is 0.810. The molecule has 0 fully saturated rings. The fraction of sp³-hybridized carbons (Fsp3) is 0.0417. The van der Waals surface area contributed by atoms with E-state index in [0.29, 0.717) is 10.0 Å². The Balaban J connectivity index is 1.78. The molecule has 0 radical (unpaired) electrons. The van der Waals surface area contributed by atoms with Crippen LogP contribution >= 0.6 is 23.2 Å². The van der Waals surface area contributed by atoms with Gasteiger partial charge in [-0.3, -0.25) is 0 Å². The van der Waals surface area contributed by atoms with Gasteiger partial charge < -0.3 is 9.97 Å². The summed E-state index contributed by atoms with van der Waals surface area (Å²) in [6, 6.07) is 23.8.